The molecule has 2 aliphatic heterocycles. The maximum absolute atomic E-state index is 13.3. The highest BCUT2D eigenvalue weighted by atomic mass is 32.2. The van der Waals surface area contributed by atoms with Crippen LogP contribution < -0.4 is 10.2 Å². The van der Waals surface area contributed by atoms with E-state index in [0.717, 1.165) is 5.56 Å². The molecule has 2 aliphatic rings. The van der Waals surface area contributed by atoms with Crippen molar-refractivity contribution >= 4 is 32.5 Å². The smallest absolute Gasteiger partial charge is 0.261 e. The second kappa shape index (κ2) is 9.34. The predicted octanol–water partition coefficient (Wildman–Crippen LogP) is 3.43. The van der Waals surface area contributed by atoms with Gasteiger partial charge < -0.3 is 19.4 Å². The zero-order chi connectivity index (χ0) is 25.5. The second-order valence-electron chi connectivity index (χ2n) is 9.52. The Morgan fingerprint density at radius 2 is 1.72 bits per heavy atom. The monoisotopic (exact) mass is 511 g/mol. The van der Waals surface area contributed by atoms with Crippen LogP contribution in [-0.2, 0) is 19.5 Å². The van der Waals surface area contributed by atoms with Crippen LogP contribution in [0.15, 0.2) is 58.4 Å². The van der Waals surface area contributed by atoms with Crippen LogP contribution in [0.25, 0.3) is 10.9 Å². The summed E-state index contributed by atoms with van der Waals surface area (Å²) in [5.74, 6) is -0.698. The molecule has 9 nitrogen and oxygen atoms in total. The number of anilines is 1. The van der Waals surface area contributed by atoms with Crippen molar-refractivity contribution in [1.82, 2.24) is 9.88 Å². The average molecular weight is 512 g/mol. The Labute approximate surface area is 209 Å². The molecule has 190 valence electrons. The van der Waals surface area contributed by atoms with Gasteiger partial charge in [0, 0.05) is 48.7 Å². The molecule has 36 heavy (non-hydrogen) atoms. The van der Waals surface area contributed by atoms with E-state index >= 15 is 0 Å². The summed E-state index contributed by atoms with van der Waals surface area (Å²) in [5, 5.41) is 0.134. The van der Waals surface area contributed by atoms with Gasteiger partial charge >= 0.3 is 0 Å². The molecule has 1 spiro atoms. The molecular weight excluding hydrogens is 482 g/mol. The van der Waals surface area contributed by atoms with E-state index in [0.29, 0.717) is 56.3 Å². The Morgan fingerprint density at radius 1 is 1.06 bits per heavy atom. The number of pyridine rings is 1. The molecule has 3 aromatic rings. The molecule has 3 heterocycles. The molecule has 0 bridgehead atoms. The lowest BCUT2D eigenvalue weighted by Crippen LogP contribution is -2.48. The van der Waals surface area contributed by atoms with E-state index in [4.69, 9.17) is 9.47 Å². The number of rotatable bonds is 5. The normalized spacial score (nSPS) is 17.7. The summed E-state index contributed by atoms with van der Waals surface area (Å²) in [6, 6.07) is 11.4. The third-order valence-corrected chi connectivity index (χ3v) is 8.23. The minimum absolute atomic E-state index is 0.0292. The molecule has 0 atom stereocenters. The van der Waals surface area contributed by atoms with Crippen LogP contribution in [0.1, 0.15) is 48.5 Å². The van der Waals surface area contributed by atoms with Gasteiger partial charge in [-0.25, -0.2) is 8.42 Å². The van der Waals surface area contributed by atoms with E-state index in [1.165, 1.54) is 24.4 Å². The zero-order valence-corrected chi connectivity index (χ0v) is 21.1. The van der Waals surface area contributed by atoms with Crippen molar-refractivity contribution < 1.29 is 22.7 Å². The number of amides is 1. The number of benzene rings is 2. The lowest BCUT2D eigenvalue weighted by atomic mass is 10.0. The number of nitrogens with one attached hydrogen (secondary N) is 2. The molecule has 0 unspecified atom stereocenters. The first-order valence-corrected chi connectivity index (χ1v) is 13.5. The van der Waals surface area contributed by atoms with Gasteiger partial charge in [0.15, 0.2) is 5.79 Å². The molecule has 0 aliphatic carbocycles. The van der Waals surface area contributed by atoms with E-state index in [-0.39, 0.29) is 15.8 Å². The standard InChI is InChI=1S/C26H29N3O6S/c1-17(2)18-3-5-19(6-4-18)28-36(32,33)20-7-8-23-21(15-20)24(30)22(16-27-23)25(31)29-11-9-26(10-12-29)34-13-14-35-26/h3-8,15-17,28H,9-14H2,1-2H3,(H,27,30). The number of aromatic amines is 1. The summed E-state index contributed by atoms with van der Waals surface area (Å²) in [6.07, 6.45) is 2.47. The highest BCUT2D eigenvalue weighted by Gasteiger charge is 2.41. The Hall–Kier alpha value is -3.21. The molecule has 2 fully saturated rings. The molecule has 5 rings (SSSR count). The van der Waals surface area contributed by atoms with Gasteiger partial charge in [0.2, 0.25) is 5.43 Å². The number of sulfonamides is 1. The lowest BCUT2D eigenvalue weighted by molar-refractivity contribution is -0.181. The Kier molecular flexibility index (Phi) is 6.36. The Balaban J connectivity index is 1.39. The average Bonchev–Trinajstić information content (AvgIpc) is 3.32. The second-order valence-corrected chi connectivity index (χ2v) is 11.2. The third kappa shape index (κ3) is 4.63. The minimum Gasteiger partial charge on any atom is -0.360 e. The number of fused-ring (bicyclic) bond motifs is 1. The van der Waals surface area contributed by atoms with Crippen molar-refractivity contribution in [2.45, 2.75) is 43.3 Å². The Bertz CT molecular complexity index is 1450. The maximum Gasteiger partial charge on any atom is 0.261 e. The summed E-state index contributed by atoms with van der Waals surface area (Å²) in [6.45, 7) is 6.02. The first kappa shape index (κ1) is 24.5. The summed E-state index contributed by atoms with van der Waals surface area (Å²) >= 11 is 0. The highest BCUT2D eigenvalue weighted by Crippen LogP contribution is 2.31. The topological polar surface area (TPSA) is 118 Å². The molecule has 2 saturated heterocycles. The van der Waals surface area contributed by atoms with E-state index < -0.39 is 27.1 Å². The number of ether oxygens (including phenoxy) is 2. The van der Waals surface area contributed by atoms with Crippen molar-refractivity contribution in [2.24, 2.45) is 0 Å². The van der Waals surface area contributed by atoms with Crippen molar-refractivity contribution in [3.63, 3.8) is 0 Å². The van der Waals surface area contributed by atoms with Crippen LogP contribution in [-0.4, -0.2) is 56.3 Å². The van der Waals surface area contributed by atoms with Crippen LogP contribution in [0, 0.1) is 0 Å². The molecule has 1 aromatic heterocycles. The quantitative estimate of drug-likeness (QED) is 0.542. The fourth-order valence-electron chi connectivity index (χ4n) is 4.68. The molecule has 2 N–H and O–H groups in total. The van der Waals surface area contributed by atoms with Crippen molar-refractivity contribution in [3.8, 4) is 0 Å². The van der Waals surface area contributed by atoms with Crippen LogP contribution in [0.4, 0.5) is 5.69 Å². The van der Waals surface area contributed by atoms with E-state index in [1.54, 1.807) is 17.0 Å². The maximum atomic E-state index is 13.3. The van der Waals surface area contributed by atoms with Gasteiger partial charge in [0.25, 0.3) is 15.9 Å². The first-order chi connectivity index (χ1) is 17.2. The lowest BCUT2D eigenvalue weighted by Gasteiger charge is -2.37. The number of hydrogen-bond acceptors (Lipinski definition) is 6. The Morgan fingerprint density at radius 3 is 2.36 bits per heavy atom. The largest absolute Gasteiger partial charge is 0.360 e. The highest BCUT2D eigenvalue weighted by molar-refractivity contribution is 7.92. The van der Waals surface area contributed by atoms with Gasteiger partial charge in [0.1, 0.15) is 5.56 Å². The molecule has 10 heteroatoms. The summed E-state index contributed by atoms with van der Waals surface area (Å²) in [5.41, 5.74) is 1.43. The van der Waals surface area contributed by atoms with Crippen LogP contribution in [0.3, 0.4) is 0 Å². The molecule has 0 radical (unpaired) electrons. The number of H-pyrrole nitrogens is 1. The molecule has 1 amide bonds. The molecule has 2 aromatic carbocycles. The number of carbonyl (C=O) groups excluding carboxylic acids is 1. The van der Waals surface area contributed by atoms with Crippen molar-refractivity contribution in [1.29, 1.82) is 0 Å². The van der Waals surface area contributed by atoms with Gasteiger partial charge in [-0.2, -0.15) is 0 Å². The third-order valence-electron chi connectivity index (χ3n) is 6.85. The minimum atomic E-state index is -3.95. The number of nitrogens with zero attached hydrogens (tertiary/aromatic N) is 1. The van der Waals surface area contributed by atoms with E-state index in [1.807, 2.05) is 12.1 Å². The van der Waals surface area contributed by atoms with E-state index in [9.17, 15) is 18.0 Å². The number of carbonyl (C=O) groups is 1. The summed E-state index contributed by atoms with van der Waals surface area (Å²) < 4.78 is 40.1. The predicted molar refractivity (Wildman–Crippen MR) is 136 cm³/mol. The number of aromatic nitrogens is 1. The van der Waals surface area contributed by atoms with Crippen molar-refractivity contribution in [3.05, 3.63) is 70.0 Å². The zero-order valence-electron chi connectivity index (χ0n) is 20.2. The fraction of sp³-hybridized carbons (Fsp3) is 0.385. The summed E-state index contributed by atoms with van der Waals surface area (Å²) in [7, 11) is -3.95. The van der Waals surface area contributed by atoms with Gasteiger partial charge in [-0.15, -0.1) is 0 Å². The molecule has 0 saturated carbocycles. The van der Waals surface area contributed by atoms with Crippen LogP contribution in [0.2, 0.25) is 0 Å². The van der Waals surface area contributed by atoms with Gasteiger partial charge in [0.05, 0.1) is 18.1 Å². The van der Waals surface area contributed by atoms with Gasteiger partial charge in [-0.3, -0.25) is 14.3 Å². The molecular formula is C26H29N3O6S. The first-order valence-electron chi connectivity index (χ1n) is 12.0. The fourth-order valence-corrected chi connectivity index (χ4v) is 5.76. The van der Waals surface area contributed by atoms with Crippen LogP contribution >= 0.6 is 0 Å². The summed E-state index contributed by atoms with van der Waals surface area (Å²) in [4.78, 5) is 30.9. The van der Waals surface area contributed by atoms with Crippen LogP contribution in [0.5, 0.6) is 0 Å². The number of piperidine rings is 1. The van der Waals surface area contributed by atoms with E-state index in [2.05, 4.69) is 23.6 Å². The number of likely N-dealkylation sites (tertiary alicyclic amines) is 1. The number of hydrogen-bond donors (Lipinski definition) is 2. The van der Waals surface area contributed by atoms with Crippen molar-refractivity contribution in [2.75, 3.05) is 31.0 Å². The van der Waals surface area contributed by atoms with Gasteiger partial charge in [-0.05, 0) is 41.8 Å². The SMILES string of the molecule is CC(C)c1ccc(NS(=O)(=O)c2ccc3[nH]cc(C(=O)N4CCC5(CC4)OCCO5)c(=O)c3c2)cc1. The van der Waals surface area contributed by atoms with Gasteiger partial charge in [-0.1, -0.05) is 26.0 Å².